The van der Waals surface area contributed by atoms with Crippen LogP contribution in [-0.2, 0) is 19.3 Å². The molecule has 4 nitrogen and oxygen atoms in total. The molecule has 0 aromatic carbocycles. The van der Waals surface area contributed by atoms with Crippen molar-refractivity contribution >= 4 is 5.97 Å². The summed E-state index contributed by atoms with van der Waals surface area (Å²) in [5.74, 6) is -0.309. The zero-order chi connectivity index (χ0) is 8.97. The number of hydrogen-bond acceptors (Lipinski definition) is 4. The van der Waals surface area contributed by atoms with Crippen LogP contribution >= 0.6 is 0 Å². The first-order valence-corrected chi connectivity index (χ1v) is 3.82. The highest BCUT2D eigenvalue weighted by Gasteiger charge is 2.21. The molecule has 0 radical (unpaired) electrons. The van der Waals surface area contributed by atoms with Gasteiger partial charge in [0.15, 0.2) is 6.10 Å². The summed E-state index contributed by atoms with van der Waals surface area (Å²) < 4.78 is 5.01. The molecule has 1 aliphatic rings. The fraction of sp³-hybridized carbons (Fsp3) is 0.625. The molecule has 0 spiro atoms. The first-order chi connectivity index (χ1) is 5.74. The number of rotatable bonds is 2. The zero-order valence-electron chi connectivity index (χ0n) is 7.20. The standard InChI is InChI=1S/C8H12O4/c1-3-6(2)8(9)12-7-4-10-11-5-7/h3,7H,4-5H2,1-2H3. The van der Waals surface area contributed by atoms with Crippen LogP contribution in [0.4, 0.5) is 0 Å². The van der Waals surface area contributed by atoms with Crippen molar-refractivity contribution in [3.63, 3.8) is 0 Å². The van der Waals surface area contributed by atoms with Crippen molar-refractivity contribution in [2.24, 2.45) is 0 Å². The Bertz CT molecular complexity index is 191. The molecule has 4 heteroatoms. The molecule has 0 unspecified atom stereocenters. The number of esters is 1. The third-order valence-corrected chi connectivity index (χ3v) is 1.62. The number of carbonyl (C=O) groups excluding carboxylic acids is 1. The van der Waals surface area contributed by atoms with Gasteiger partial charge in [-0.25, -0.2) is 14.6 Å². The van der Waals surface area contributed by atoms with Gasteiger partial charge in [-0.2, -0.15) is 0 Å². The van der Waals surface area contributed by atoms with Crippen LogP contribution < -0.4 is 0 Å². The maximum atomic E-state index is 11.1. The molecule has 0 bridgehead atoms. The number of allylic oxidation sites excluding steroid dienone is 1. The van der Waals surface area contributed by atoms with E-state index in [1.54, 1.807) is 19.9 Å². The molecule has 0 atom stereocenters. The summed E-state index contributed by atoms with van der Waals surface area (Å²) >= 11 is 0. The van der Waals surface area contributed by atoms with Crippen molar-refractivity contribution in [2.75, 3.05) is 13.2 Å². The van der Waals surface area contributed by atoms with Crippen LogP contribution in [0.1, 0.15) is 13.8 Å². The molecule has 0 aromatic rings. The first-order valence-electron chi connectivity index (χ1n) is 3.82. The van der Waals surface area contributed by atoms with Crippen LogP contribution in [0.2, 0.25) is 0 Å². The molecule has 1 rings (SSSR count). The van der Waals surface area contributed by atoms with Crippen molar-refractivity contribution < 1.29 is 19.3 Å². The topological polar surface area (TPSA) is 44.8 Å². The van der Waals surface area contributed by atoms with E-state index in [2.05, 4.69) is 9.78 Å². The first kappa shape index (κ1) is 9.22. The van der Waals surface area contributed by atoms with Gasteiger partial charge in [0.05, 0.1) is 0 Å². The van der Waals surface area contributed by atoms with Crippen LogP contribution in [0, 0.1) is 0 Å². The van der Waals surface area contributed by atoms with Gasteiger partial charge in [0, 0.05) is 5.57 Å². The summed E-state index contributed by atoms with van der Waals surface area (Å²) in [6, 6.07) is 0. The third-order valence-electron chi connectivity index (χ3n) is 1.62. The molecule has 0 aliphatic carbocycles. The fourth-order valence-corrected chi connectivity index (χ4v) is 0.726. The Kier molecular flexibility index (Phi) is 3.25. The number of carbonyl (C=O) groups is 1. The molecule has 1 saturated heterocycles. The highest BCUT2D eigenvalue weighted by Crippen LogP contribution is 2.07. The zero-order valence-corrected chi connectivity index (χ0v) is 7.20. The van der Waals surface area contributed by atoms with Gasteiger partial charge in [-0.1, -0.05) is 6.08 Å². The molecule has 12 heavy (non-hydrogen) atoms. The molecule has 0 amide bonds. The van der Waals surface area contributed by atoms with E-state index in [9.17, 15) is 4.79 Å². The van der Waals surface area contributed by atoms with Gasteiger partial charge >= 0.3 is 5.97 Å². The third kappa shape index (κ3) is 2.32. The predicted molar refractivity (Wildman–Crippen MR) is 41.2 cm³/mol. The van der Waals surface area contributed by atoms with E-state index in [1.807, 2.05) is 0 Å². The quantitative estimate of drug-likeness (QED) is 0.351. The van der Waals surface area contributed by atoms with Gasteiger partial charge in [-0.05, 0) is 13.8 Å². The molecular formula is C8H12O4. The van der Waals surface area contributed by atoms with Gasteiger partial charge in [-0.15, -0.1) is 0 Å². The predicted octanol–water partition coefficient (Wildman–Crippen LogP) is 0.826. The summed E-state index contributed by atoms with van der Waals surface area (Å²) in [6.45, 7) is 4.14. The van der Waals surface area contributed by atoms with Gasteiger partial charge < -0.3 is 4.74 Å². The van der Waals surface area contributed by atoms with Gasteiger partial charge in [0.1, 0.15) is 13.2 Å². The van der Waals surface area contributed by atoms with Crippen LogP contribution in [0.5, 0.6) is 0 Å². The molecule has 0 aromatic heterocycles. The van der Waals surface area contributed by atoms with E-state index in [-0.39, 0.29) is 12.1 Å². The lowest BCUT2D eigenvalue weighted by Crippen LogP contribution is -2.21. The average molecular weight is 172 g/mol. The maximum Gasteiger partial charge on any atom is 0.333 e. The SMILES string of the molecule is CC=C(C)C(=O)OC1COOC1. The molecule has 1 heterocycles. The maximum absolute atomic E-state index is 11.1. The molecule has 0 saturated carbocycles. The molecular weight excluding hydrogens is 160 g/mol. The molecule has 1 fully saturated rings. The lowest BCUT2D eigenvalue weighted by Gasteiger charge is -2.07. The van der Waals surface area contributed by atoms with E-state index < -0.39 is 0 Å². The van der Waals surface area contributed by atoms with E-state index in [1.165, 1.54) is 0 Å². The monoisotopic (exact) mass is 172 g/mol. The smallest absolute Gasteiger partial charge is 0.333 e. The lowest BCUT2D eigenvalue weighted by atomic mass is 10.3. The minimum absolute atomic E-state index is 0.257. The van der Waals surface area contributed by atoms with Crippen molar-refractivity contribution in [1.29, 1.82) is 0 Å². The second-order valence-corrected chi connectivity index (χ2v) is 2.57. The van der Waals surface area contributed by atoms with E-state index in [0.29, 0.717) is 18.8 Å². The van der Waals surface area contributed by atoms with Crippen LogP contribution in [0.15, 0.2) is 11.6 Å². The second-order valence-electron chi connectivity index (χ2n) is 2.57. The number of hydrogen-bond donors (Lipinski definition) is 0. The van der Waals surface area contributed by atoms with E-state index in [4.69, 9.17) is 4.74 Å². The minimum atomic E-state index is -0.309. The second kappa shape index (κ2) is 4.23. The van der Waals surface area contributed by atoms with Gasteiger partial charge in [0.2, 0.25) is 0 Å². The van der Waals surface area contributed by atoms with Crippen LogP contribution in [-0.4, -0.2) is 25.3 Å². The Hall–Kier alpha value is -0.870. The summed E-state index contributed by atoms with van der Waals surface area (Å²) in [5.41, 5.74) is 0.599. The Labute approximate surface area is 71.0 Å². The van der Waals surface area contributed by atoms with Crippen LogP contribution in [0.25, 0.3) is 0 Å². The largest absolute Gasteiger partial charge is 0.454 e. The van der Waals surface area contributed by atoms with Crippen molar-refractivity contribution in [1.82, 2.24) is 0 Å². The lowest BCUT2D eigenvalue weighted by molar-refractivity contribution is -0.248. The average Bonchev–Trinajstić information content (AvgIpc) is 2.55. The van der Waals surface area contributed by atoms with Crippen LogP contribution in [0.3, 0.4) is 0 Å². The summed E-state index contributed by atoms with van der Waals surface area (Å²) in [4.78, 5) is 20.3. The Morgan fingerprint density at radius 1 is 1.50 bits per heavy atom. The summed E-state index contributed by atoms with van der Waals surface area (Å²) in [7, 11) is 0. The Morgan fingerprint density at radius 3 is 2.58 bits per heavy atom. The molecule has 0 N–H and O–H groups in total. The Balaban J connectivity index is 2.35. The number of ether oxygens (including phenoxy) is 1. The molecule has 1 aliphatic heterocycles. The highest BCUT2D eigenvalue weighted by atomic mass is 17.2. The normalized spacial score (nSPS) is 19.7. The Morgan fingerprint density at radius 2 is 2.08 bits per heavy atom. The van der Waals surface area contributed by atoms with Crippen molar-refractivity contribution in [3.05, 3.63) is 11.6 Å². The highest BCUT2D eigenvalue weighted by molar-refractivity contribution is 5.87. The van der Waals surface area contributed by atoms with Crippen molar-refractivity contribution in [3.8, 4) is 0 Å². The van der Waals surface area contributed by atoms with E-state index >= 15 is 0 Å². The summed E-state index contributed by atoms with van der Waals surface area (Å²) in [5, 5.41) is 0. The van der Waals surface area contributed by atoms with Gasteiger partial charge in [-0.3, -0.25) is 0 Å². The fourth-order valence-electron chi connectivity index (χ4n) is 0.726. The minimum Gasteiger partial charge on any atom is -0.454 e. The van der Waals surface area contributed by atoms with Crippen molar-refractivity contribution in [2.45, 2.75) is 20.0 Å². The summed E-state index contributed by atoms with van der Waals surface area (Å²) in [6.07, 6.45) is 1.45. The van der Waals surface area contributed by atoms with Gasteiger partial charge in [0.25, 0.3) is 0 Å². The van der Waals surface area contributed by atoms with E-state index in [0.717, 1.165) is 0 Å². The molecule has 68 valence electrons.